The minimum Gasteiger partial charge on any atom is -0.385 e. The van der Waals surface area contributed by atoms with Crippen LogP contribution in [0.4, 0.5) is 5.82 Å². The van der Waals surface area contributed by atoms with E-state index in [1.165, 1.54) is 0 Å². The van der Waals surface area contributed by atoms with E-state index in [9.17, 15) is 0 Å². The molecule has 0 fully saturated rings. The topological polar surface area (TPSA) is 51.5 Å². The smallest absolute Gasteiger partial charge is 0.152 e. The van der Waals surface area contributed by atoms with E-state index in [0.29, 0.717) is 0 Å². The van der Waals surface area contributed by atoms with Gasteiger partial charge in [0.1, 0.15) is 5.52 Å². The number of ether oxygens (including phenoxy) is 1. The Morgan fingerprint density at radius 2 is 2.05 bits per heavy atom. The Hall–Kier alpha value is -1.62. The molecule has 2 heterocycles. The second kappa shape index (κ2) is 6.89. The van der Waals surface area contributed by atoms with Crippen LogP contribution < -0.4 is 5.32 Å². The van der Waals surface area contributed by atoms with Gasteiger partial charge in [-0.05, 0) is 25.3 Å². The molecule has 0 saturated carbocycles. The molecule has 2 aromatic heterocycles. The normalized spacial score (nSPS) is 12.0. The predicted octanol–water partition coefficient (Wildman–Crippen LogP) is 3.26. The van der Waals surface area contributed by atoms with Crippen molar-refractivity contribution in [2.75, 3.05) is 25.6 Å². The fourth-order valence-corrected chi connectivity index (χ4v) is 2.18. The first-order chi connectivity index (χ1) is 10.0. The van der Waals surface area contributed by atoms with Crippen molar-refractivity contribution in [1.82, 2.24) is 14.6 Å². The highest BCUT2D eigenvalue weighted by atomic mass is 16.5. The molecule has 116 valence electrons. The first-order valence-corrected chi connectivity index (χ1v) is 7.60. The zero-order chi connectivity index (χ0) is 15.3. The van der Waals surface area contributed by atoms with E-state index in [0.717, 1.165) is 49.4 Å². The highest BCUT2D eigenvalue weighted by molar-refractivity contribution is 5.68. The van der Waals surface area contributed by atoms with Gasteiger partial charge in [-0.15, -0.1) is 0 Å². The van der Waals surface area contributed by atoms with Crippen LogP contribution in [0.1, 0.15) is 45.7 Å². The van der Waals surface area contributed by atoms with Crippen LogP contribution >= 0.6 is 0 Å². The Balaban J connectivity index is 2.01. The molecular formula is C16H26N4O. The van der Waals surface area contributed by atoms with Gasteiger partial charge in [0.25, 0.3) is 0 Å². The number of methoxy groups -OCH3 is 1. The number of hydrogen-bond acceptors (Lipinski definition) is 4. The molecule has 0 radical (unpaired) electrons. The standard InChI is InChI=1S/C16H26N4O/c1-16(2,3)14-12-13-15(18-9-10-20(13)19-14)17-8-6-5-7-11-21-4/h9-10,12H,5-8,11H2,1-4H3,(H,17,18). The number of aromatic nitrogens is 3. The molecule has 0 aliphatic carbocycles. The van der Waals surface area contributed by atoms with Crippen molar-refractivity contribution in [3.8, 4) is 0 Å². The minimum atomic E-state index is 0.0451. The summed E-state index contributed by atoms with van der Waals surface area (Å²) in [5, 5.41) is 8.05. The van der Waals surface area contributed by atoms with E-state index in [-0.39, 0.29) is 5.41 Å². The minimum absolute atomic E-state index is 0.0451. The molecule has 2 aromatic rings. The summed E-state index contributed by atoms with van der Waals surface area (Å²) in [6, 6.07) is 2.13. The zero-order valence-corrected chi connectivity index (χ0v) is 13.5. The van der Waals surface area contributed by atoms with Gasteiger partial charge >= 0.3 is 0 Å². The number of hydrogen-bond donors (Lipinski definition) is 1. The lowest BCUT2D eigenvalue weighted by atomic mass is 9.92. The molecule has 5 nitrogen and oxygen atoms in total. The van der Waals surface area contributed by atoms with Gasteiger partial charge < -0.3 is 10.1 Å². The van der Waals surface area contributed by atoms with Crippen molar-refractivity contribution in [3.05, 3.63) is 24.2 Å². The largest absolute Gasteiger partial charge is 0.385 e. The third-order valence-corrected chi connectivity index (χ3v) is 3.48. The van der Waals surface area contributed by atoms with Crippen molar-refractivity contribution in [1.29, 1.82) is 0 Å². The second-order valence-electron chi connectivity index (χ2n) is 6.37. The Morgan fingerprint density at radius 1 is 1.24 bits per heavy atom. The van der Waals surface area contributed by atoms with Crippen LogP contribution in [0.3, 0.4) is 0 Å². The molecule has 2 rings (SSSR count). The maximum Gasteiger partial charge on any atom is 0.152 e. The van der Waals surface area contributed by atoms with E-state index in [2.05, 4.69) is 42.2 Å². The molecule has 0 aliphatic rings. The zero-order valence-electron chi connectivity index (χ0n) is 13.5. The molecule has 0 atom stereocenters. The van der Waals surface area contributed by atoms with Crippen LogP contribution in [-0.4, -0.2) is 34.9 Å². The summed E-state index contributed by atoms with van der Waals surface area (Å²) in [4.78, 5) is 4.44. The number of rotatable bonds is 7. The molecule has 5 heteroatoms. The van der Waals surface area contributed by atoms with E-state index in [4.69, 9.17) is 4.74 Å². The number of unbranched alkanes of at least 4 members (excludes halogenated alkanes) is 2. The number of anilines is 1. The maximum absolute atomic E-state index is 5.05. The molecular weight excluding hydrogens is 264 g/mol. The predicted molar refractivity (Wildman–Crippen MR) is 85.9 cm³/mol. The maximum atomic E-state index is 5.05. The average molecular weight is 290 g/mol. The lowest BCUT2D eigenvalue weighted by Gasteiger charge is -2.13. The quantitative estimate of drug-likeness (QED) is 0.795. The van der Waals surface area contributed by atoms with Gasteiger partial charge in [-0.3, -0.25) is 0 Å². The SMILES string of the molecule is COCCCCCNc1nccn2nc(C(C)(C)C)cc12. The Morgan fingerprint density at radius 3 is 2.76 bits per heavy atom. The van der Waals surface area contributed by atoms with Crippen LogP contribution in [0.25, 0.3) is 5.52 Å². The van der Waals surface area contributed by atoms with Crippen molar-refractivity contribution >= 4 is 11.3 Å². The highest BCUT2D eigenvalue weighted by Crippen LogP contribution is 2.24. The summed E-state index contributed by atoms with van der Waals surface area (Å²) in [6.45, 7) is 8.28. The fraction of sp³-hybridized carbons (Fsp3) is 0.625. The summed E-state index contributed by atoms with van der Waals surface area (Å²) in [6.07, 6.45) is 7.08. The van der Waals surface area contributed by atoms with E-state index in [1.54, 1.807) is 13.3 Å². The number of fused-ring (bicyclic) bond motifs is 1. The van der Waals surface area contributed by atoms with E-state index < -0.39 is 0 Å². The van der Waals surface area contributed by atoms with Gasteiger partial charge in [-0.25, -0.2) is 9.50 Å². The number of nitrogens with one attached hydrogen (secondary N) is 1. The van der Waals surface area contributed by atoms with E-state index >= 15 is 0 Å². The molecule has 0 bridgehead atoms. The first kappa shape index (κ1) is 15.8. The van der Waals surface area contributed by atoms with Crippen LogP contribution in [0.2, 0.25) is 0 Å². The van der Waals surface area contributed by atoms with Crippen LogP contribution in [0.15, 0.2) is 18.5 Å². The van der Waals surface area contributed by atoms with Crippen molar-refractivity contribution in [2.24, 2.45) is 0 Å². The molecule has 1 N–H and O–H groups in total. The Bertz CT molecular complexity index is 571. The molecule has 0 amide bonds. The van der Waals surface area contributed by atoms with Gasteiger partial charge in [0, 0.05) is 38.1 Å². The van der Waals surface area contributed by atoms with Crippen molar-refractivity contribution in [2.45, 2.75) is 45.4 Å². The molecule has 0 aliphatic heterocycles. The summed E-state index contributed by atoms with van der Waals surface area (Å²) in [7, 11) is 1.75. The average Bonchev–Trinajstić information content (AvgIpc) is 2.87. The van der Waals surface area contributed by atoms with Gasteiger partial charge in [0.15, 0.2) is 5.82 Å². The second-order valence-corrected chi connectivity index (χ2v) is 6.37. The lowest BCUT2D eigenvalue weighted by Crippen LogP contribution is -2.11. The van der Waals surface area contributed by atoms with Gasteiger partial charge in [0.2, 0.25) is 0 Å². The molecule has 0 unspecified atom stereocenters. The summed E-state index contributed by atoms with van der Waals surface area (Å²) >= 11 is 0. The first-order valence-electron chi connectivity index (χ1n) is 7.60. The Kier molecular flexibility index (Phi) is 5.17. The van der Waals surface area contributed by atoms with Gasteiger partial charge in [0.05, 0.1) is 5.69 Å². The van der Waals surface area contributed by atoms with Gasteiger partial charge in [-0.2, -0.15) is 5.10 Å². The van der Waals surface area contributed by atoms with E-state index in [1.807, 2.05) is 10.7 Å². The van der Waals surface area contributed by atoms with Crippen molar-refractivity contribution < 1.29 is 4.74 Å². The van der Waals surface area contributed by atoms with Crippen LogP contribution in [-0.2, 0) is 10.2 Å². The summed E-state index contributed by atoms with van der Waals surface area (Å²) in [5.74, 6) is 0.909. The van der Waals surface area contributed by atoms with Crippen LogP contribution in [0.5, 0.6) is 0 Å². The third kappa shape index (κ3) is 4.17. The third-order valence-electron chi connectivity index (χ3n) is 3.48. The fourth-order valence-electron chi connectivity index (χ4n) is 2.18. The monoisotopic (exact) mass is 290 g/mol. The molecule has 0 spiro atoms. The Labute approximate surface area is 126 Å². The number of nitrogens with zero attached hydrogens (tertiary/aromatic N) is 3. The molecule has 21 heavy (non-hydrogen) atoms. The summed E-state index contributed by atoms with van der Waals surface area (Å²) in [5.41, 5.74) is 2.17. The molecule has 0 aromatic carbocycles. The highest BCUT2D eigenvalue weighted by Gasteiger charge is 2.18. The summed E-state index contributed by atoms with van der Waals surface area (Å²) < 4.78 is 6.96. The van der Waals surface area contributed by atoms with Gasteiger partial charge in [-0.1, -0.05) is 20.8 Å². The lowest BCUT2D eigenvalue weighted by molar-refractivity contribution is 0.192. The molecule has 0 saturated heterocycles. The van der Waals surface area contributed by atoms with Crippen LogP contribution in [0, 0.1) is 0 Å². The van der Waals surface area contributed by atoms with Crippen molar-refractivity contribution in [3.63, 3.8) is 0 Å².